The number of alkyl halides is 1. The first kappa shape index (κ1) is 17.6. The topological polar surface area (TPSA) is 17.8 Å². The van der Waals surface area contributed by atoms with E-state index in [1.54, 1.807) is 6.07 Å². The van der Waals surface area contributed by atoms with Gasteiger partial charge in [-0.25, -0.2) is 0 Å². The van der Waals surface area contributed by atoms with E-state index >= 15 is 0 Å². The molecule has 0 aliphatic rings. The second kappa shape index (κ2) is 7.37. The fourth-order valence-electron chi connectivity index (χ4n) is 2.45. The Kier molecular flexibility index (Phi) is 5.41. The molecule has 0 fully saturated rings. The summed E-state index contributed by atoms with van der Waals surface area (Å²) in [7, 11) is 0. The maximum Gasteiger partial charge on any atom is 0.0778 e. The lowest BCUT2D eigenvalue weighted by Gasteiger charge is -2.10. The van der Waals surface area contributed by atoms with E-state index in [4.69, 9.17) is 46.4 Å². The van der Waals surface area contributed by atoms with Crippen molar-refractivity contribution >= 4 is 46.4 Å². The first-order chi connectivity index (χ1) is 11.5. The number of rotatable bonds is 4. The minimum absolute atomic E-state index is 0.343. The van der Waals surface area contributed by atoms with Crippen molar-refractivity contribution in [3.8, 4) is 11.3 Å². The average Bonchev–Trinajstić information content (AvgIpc) is 2.96. The largest absolute Gasteiger partial charge is 0.260 e. The van der Waals surface area contributed by atoms with Crippen LogP contribution in [0.2, 0.25) is 15.1 Å². The number of aryl methyl sites for hydroxylation is 1. The van der Waals surface area contributed by atoms with Gasteiger partial charge >= 0.3 is 0 Å². The van der Waals surface area contributed by atoms with Crippen LogP contribution in [0.25, 0.3) is 11.3 Å². The Morgan fingerprint density at radius 1 is 0.917 bits per heavy atom. The first-order valence-corrected chi connectivity index (χ1v) is 8.98. The Labute approximate surface area is 160 Å². The molecule has 3 rings (SSSR count). The van der Waals surface area contributed by atoms with E-state index in [0.717, 1.165) is 33.1 Å². The van der Waals surface area contributed by atoms with Crippen molar-refractivity contribution in [1.29, 1.82) is 0 Å². The van der Waals surface area contributed by atoms with Crippen LogP contribution < -0.4 is 0 Å². The molecule has 0 aliphatic carbocycles. The van der Waals surface area contributed by atoms with Crippen molar-refractivity contribution in [3.05, 3.63) is 74.4 Å². The van der Waals surface area contributed by atoms with Gasteiger partial charge in [-0.05, 0) is 42.3 Å². The number of hydrogen-bond donors (Lipinski definition) is 0. The van der Waals surface area contributed by atoms with Crippen LogP contribution in [0, 0.1) is 6.92 Å². The van der Waals surface area contributed by atoms with Gasteiger partial charge < -0.3 is 0 Å². The Hall–Kier alpha value is -1.19. The smallest absolute Gasteiger partial charge is 0.0778 e. The quantitative estimate of drug-likeness (QED) is 0.451. The zero-order chi connectivity index (χ0) is 17.3. The lowest BCUT2D eigenvalue weighted by Crippen LogP contribution is -2.04. The lowest BCUT2D eigenvalue weighted by atomic mass is 10.1. The molecule has 0 bridgehead atoms. The number of halogens is 4. The van der Waals surface area contributed by atoms with Gasteiger partial charge in [0.05, 0.1) is 33.9 Å². The Morgan fingerprint density at radius 3 is 2.38 bits per heavy atom. The van der Waals surface area contributed by atoms with Crippen LogP contribution in [-0.4, -0.2) is 9.78 Å². The van der Waals surface area contributed by atoms with E-state index in [9.17, 15) is 0 Å². The number of hydrogen-bond acceptors (Lipinski definition) is 1. The highest BCUT2D eigenvalue weighted by Crippen LogP contribution is 2.30. The van der Waals surface area contributed by atoms with Crippen LogP contribution in [0.1, 0.15) is 16.8 Å². The highest BCUT2D eigenvalue weighted by Gasteiger charge is 2.12. The molecule has 6 heteroatoms. The fourth-order valence-corrected chi connectivity index (χ4v) is 3.08. The van der Waals surface area contributed by atoms with Crippen molar-refractivity contribution in [3.63, 3.8) is 0 Å². The van der Waals surface area contributed by atoms with Gasteiger partial charge in [-0.15, -0.1) is 11.6 Å². The normalized spacial score (nSPS) is 11.0. The third-order valence-corrected chi connectivity index (χ3v) is 5.17. The van der Waals surface area contributed by atoms with E-state index < -0.39 is 0 Å². The standard InChI is InChI=1S/C18H14Cl4N2/c1-11-2-3-12(6-16(11)21)10-24-18(8-14(9-19)23-24)13-4-5-15(20)17(22)7-13/h2-8H,9-10H2,1H3. The van der Waals surface area contributed by atoms with Crippen LogP contribution in [-0.2, 0) is 12.4 Å². The molecule has 0 saturated carbocycles. The molecule has 0 spiro atoms. The number of aromatic nitrogens is 2. The molecule has 3 aromatic rings. The molecule has 24 heavy (non-hydrogen) atoms. The Bertz CT molecular complexity index is 887. The highest BCUT2D eigenvalue weighted by molar-refractivity contribution is 6.42. The van der Waals surface area contributed by atoms with Gasteiger partial charge in [-0.1, -0.05) is 53.0 Å². The summed E-state index contributed by atoms with van der Waals surface area (Å²) in [6.45, 7) is 2.57. The minimum Gasteiger partial charge on any atom is -0.260 e. The highest BCUT2D eigenvalue weighted by atomic mass is 35.5. The van der Waals surface area contributed by atoms with E-state index in [0.29, 0.717) is 22.5 Å². The molecular formula is C18H14Cl4N2. The summed E-state index contributed by atoms with van der Waals surface area (Å²) in [5.41, 5.74) is 4.78. The van der Waals surface area contributed by atoms with E-state index in [-0.39, 0.29) is 0 Å². The van der Waals surface area contributed by atoms with E-state index in [1.165, 1.54) is 0 Å². The number of nitrogens with zero attached hydrogens (tertiary/aromatic N) is 2. The van der Waals surface area contributed by atoms with Gasteiger partial charge in [0.15, 0.2) is 0 Å². The maximum absolute atomic E-state index is 6.22. The summed E-state index contributed by atoms with van der Waals surface area (Å²) in [6, 6.07) is 13.5. The summed E-state index contributed by atoms with van der Waals surface area (Å²) in [5.74, 6) is 0.343. The minimum atomic E-state index is 0.343. The Morgan fingerprint density at radius 2 is 1.71 bits per heavy atom. The van der Waals surface area contributed by atoms with Gasteiger partial charge in [0.1, 0.15) is 0 Å². The van der Waals surface area contributed by atoms with Crippen LogP contribution >= 0.6 is 46.4 Å². The van der Waals surface area contributed by atoms with Crippen molar-refractivity contribution in [2.24, 2.45) is 0 Å². The predicted molar refractivity (Wildman–Crippen MR) is 103 cm³/mol. The average molecular weight is 400 g/mol. The van der Waals surface area contributed by atoms with Gasteiger partial charge in [0.25, 0.3) is 0 Å². The zero-order valence-electron chi connectivity index (χ0n) is 12.9. The molecule has 0 atom stereocenters. The first-order valence-electron chi connectivity index (χ1n) is 7.31. The summed E-state index contributed by atoms with van der Waals surface area (Å²) in [5, 5.41) is 6.34. The van der Waals surface area contributed by atoms with Crippen LogP contribution in [0.4, 0.5) is 0 Å². The summed E-state index contributed by atoms with van der Waals surface area (Å²) in [6.07, 6.45) is 0. The molecule has 0 aliphatic heterocycles. The van der Waals surface area contributed by atoms with Crippen molar-refractivity contribution < 1.29 is 0 Å². The molecule has 124 valence electrons. The molecule has 0 N–H and O–H groups in total. The molecule has 0 radical (unpaired) electrons. The monoisotopic (exact) mass is 398 g/mol. The van der Waals surface area contributed by atoms with Gasteiger partial charge in [0.2, 0.25) is 0 Å². The maximum atomic E-state index is 6.22. The van der Waals surface area contributed by atoms with E-state index in [2.05, 4.69) is 5.10 Å². The van der Waals surface area contributed by atoms with Gasteiger partial charge in [-0.2, -0.15) is 5.10 Å². The zero-order valence-corrected chi connectivity index (χ0v) is 15.9. The second-order valence-corrected chi connectivity index (χ2v) is 7.01. The molecule has 1 aromatic heterocycles. The summed E-state index contributed by atoms with van der Waals surface area (Å²) in [4.78, 5) is 0. The van der Waals surface area contributed by atoms with Crippen molar-refractivity contribution in [2.75, 3.05) is 0 Å². The molecule has 1 heterocycles. The van der Waals surface area contributed by atoms with Gasteiger partial charge in [0, 0.05) is 10.6 Å². The molecule has 0 saturated heterocycles. The van der Waals surface area contributed by atoms with Crippen molar-refractivity contribution in [1.82, 2.24) is 9.78 Å². The lowest BCUT2D eigenvalue weighted by molar-refractivity contribution is 0.685. The molecule has 2 nitrogen and oxygen atoms in total. The van der Waals surface area contributed by atoms with Gasteiger partial charge in [-0.3, -0.25) is 4.68 Å². The summed E-state index contributed by atoms with van der Waals surface area (Å²) >= 11 is 24.3. The van der Waals surface area contributed by atoms with Crippen LogP contribution in [0.3, 0.4) is 0 Å². The van der Waals surface area contributed by atoms with Crippen LogP contribution in [0.15, 0.2) is 42.5 Å². The molecular weight excluding hydrogens is 386 g/mol. The molecule has 0 unspecified atom stereocenters. The molecule has 0 amide bonds. The summed E-state index contributed by atoms with van der Waals surface area (Å²) < 4.78 is 1.90. The third kappa shape index (κ3) is 3.73. The van der Waals surface area contributed by atoms with Crippen LogP contribution in [0.5, 0.6) is 0 Å². The van der Waals surface area contributed by atoms with E-state index in [1.807, 2.05) is 48.0 Å². The molecule has 2 aromatic carbocycles. The van der Waals surface area contributed by atoms with Crippen molar-refractivity contribution in [2.45, 2.75) is 19.3 Å². The SMILES string of the molecule is Cc1ccc(Cn2nc(CCl)cc2-c2ccc(Cl)c(Cl)c2)cc1Cl. The predicted octanol–water partition coefficient (Wildman–Crippen LogP) is 6.61. The second-order valence-electron chi connectivity index (χ2n) is 5.52. The number of benzene rings is 2. The third-order valence-electron chi connectivity index (χ3n) is 3.75. The fraction of sp³-hybridized carbons (Fsp3) is 0.167. The Balaban J connectivity index is 2.02.